The van der Waals surface area contributed by atoms with Crippen LogP contribution in [0.15, 0.2) is 81.0 Å². The average Bonchev–Trinajstić information content (AvgIpc) is 4.05. The molecule has 20 nitrogen and oxygen atoms in total. The first-order valence-electron chi connectivity index (χ1n) is 17.7. The van der Waals surface area contributed by atoms with Crippen molar-refractivity contribution in [2.45, 2.75) is 43.5 Å². The van der Waals surface area contributed by atoms with Crippen LogP contribution >= 0.6 is 34.9 Å². The van der Waals surface area contributed by atoms with Crippen molar-refractivity contribution < 1.29 is 62.3 Å². The number of anilines is 2. The lowest BCUT2D eigenvalue weighted by atomic mass is 10.0. The van der Waals surface area contributed by atoms with Gasteiger partial charge in [-0.3, -0.25) is 38.5 Å². The Morgan fingerprint density at radius 3 is 2.35 bits per heavy atom. The third-order valence-corrected chi connectivity index (χ3v) is 11.8. The Labute approximate surface area is 351 Å². The lowest BCUT2D eigenvalue weighted by Crippen LogP contribution is -2.71. The summed E-state index contributed by atoms with van der Waals surface area (Å²) in [5.74, 6) is -4.48. The van der Waals surface area contributed by atoms with Crippen molar-refractivity contribution in [3.63, 3.8) is 0 Å². The molecule has 0 unspecified atom stereocenters. The van der Waals surface area contributed by atoms with Crippen LogP contribution in [0.3, 0.4) is 0 Å². The van der Waals surface area contributed by atoms with Gasteiger partial charge in [-0.15, -0.1) is 28.2 Å². The largest absolute Gasteiger partial charge is 0.477 e. The maximum absolute atomic E-state index is 12.8. The summed E-state index contributed by atoms with van der Waals surface area (Å²) in [5.41, 5.74) is 7.29. The monoisotopic (exact) mass is 879 g/mol. The summed E-state index contributed by atoms with van der Waals surface area (Å²) in [4.78, 5) is 123. The Morgan fingerprint density at radius 1 is 1.05 bits per heavy atom. The third-order valence-electron chi connectivity index (χ3n) is 8.85. The number of oxime groups is 1. The number of nitrogens with zero attached hydrogens (tertiary/aromatic N) is 5. The summed E-state index contributed by atoms with van der Waals surface area (Å²) in [6, 6.07) is 9.00. The molecule has 0 spiro atoms. The first-order chi connectivity index (χ1) is 28.8. The molecule has 312 valence electrons. The van der Waals surface area contributed by atoms with Crippen LogP contribution in [0.25, 0.3) is 0 Å². The zero-order valence-corrected chi connectivity index (χ0v) is 33.7. The van der Waals surface area contributed by atoms with Crippen molar-refractivity contribution in [1.29, 1.82) is 0 Å². The molecule has 0 radical (unpaired) electrons. The highest BCUT2D eigenvalue weighted by atomic mass is 32.2. The molecule has 1 aromatic carbocycles. The van der Waals surface area contributed by atoms with Gasteiger partial charge in [0, 0.05) is 48.3 Å². The molecule has 6 heterocycles. The number of nitrogens with one attached hydrogen (secondary N) is 1. The van der Waals surface area contributed by atoms with Gasteiger partial charge in [-0.2, -0.15) is 0 Å². The standard InChI is InChI=1S/C19H17N5O7S3.C18H16N2O6/c1-30-23-11(9-7-34-19(20)21-9)14(25)22-12-15(26)24-13(17(27)28)8(5-32-16(12)24)6-33-18(29)10-3-2-4-31-10;21-14-8-9-15(22)19(14)13-6-4-12(5-7-13)2-1-3-18(25)26-20-16(23)10-11-17(20)24/h2-4,7,12,16H,5-6H2,1H3,(H2,20,21)(H,22,25)(H,27,28);4-9H,1-3,10-11H2/b23-11+;/t12-,16-;/m1./s1. The first kappa shape index (κ1) is 43.0. The number of carbonyl (C=O) groups is 9. The van der Waals surface area contributed by atoms with E-state index in [9.17, 15) is 48.3 Å². The van der Waals surface area contributed by atoms with Gasteiger partial charge in [-0.05, 0) is 48.2 Å². The number of amides is 6. The fourth-order valence-corrected chi connectivity index (χ4v) is 8.85. The maximum atomic E-state index is 12.8. The van der Waals surface area contributed by atoms with E-state index in [1.165, 1.54) is 48.7 Å². The van der Waals surface area contributed by atoms with Gasteiger partial charge in [0.2, 0.25) is 0 Å². The van der Waals surface area contributed by atoms with Crippen molar-refractivity contribution in [2.75, 3.05) is 29.2 Å². The normalized spacial score (nSPS) is 18.6. The van der Waals surface area contributed by atoms with Gasteiger partial charge in [0.15, 0.2) is 16.6 Å². The topological polar surface area (TPSA) is 278 Å². The Kier molecular flexibility index (Phi) is 13.6. The number of thiazole rings is 1. The molecule has 0 aliphatic carbocycles. The predicted molar refractivity (Wildman–Crippen MR) is 213 cm³/mol. The third kappa shape index (κ3) is 9.64. The number of nitrogens with two attached hydrogens (primary N) is 1. The van der Waals surface area contributed by atoms with Crippen LogP contribution in [0.4, 0.5) is 10.8 Å². The number of benzene rings is 1. The van der Waals surface area contributed by atoms with E-state index in [4.69, 9.17) is 19.8 Å². The summed E-state index contributed by atoms with van der Waals surface area (Å²) in [7, 11) is 1.26. The minimum Gasteiger partial charge on any atom is -0.477 e. The van der Waals surface area contributed by atoms with Gasteiger partial charge in [0.25, 0.3) is 40.6 Å². The number of aliphatic carboxylic acids is 1. The number of carboxylic acids is 1. The molecule has 2 aromatic heterocycles. The van der Waals surface area contributed by atoms with Crippen molar-refractivity contribution >= 4 is 104 Å². The highest BCUT2D eigenvalue weighted by molar-refractivity contribution is 8.14. The van der Waals surface area contributed by atoms with Gasteiger partial charge in [0.1, 0.15) is 29.9 Å². The number of rotatable bonds is 14. The minimum absolute atomic E-state index is 0.0613. The molecular formula is C37H33N7O13S3. The molecule has 2 saturated heterocycles. The molecule has 2 atom stereocenters. The molecule has 4 aliphatic heterocycles. The van der Waals surface area contributed by atoms with Crippen molar-refractivity contribution in [2.24, 2.45) is 5.16 Å². The molecule has 0 bridgehead atoms. The molecule has 7 rings (SSSR count). The second-order valence-electron chi connectivity index (χ2n) is 12.8. The summed E-state index contributed by atoms with van der Waals surface area (Å²) in [6.07, 6.45) is 5.04. The number of hydroxylamine groups is 2. The molecule has 4 N–H and O–H groups in total. The Hall–Kier alpha value is -6.59. The minimum atomic E-state index is -1.29. The number of fused-ring (bicyclic) bond motifs is 1. The highest BCUT2D eigenvalue weighted by Gasteiger charge is 2.54. The Balaban J connectivity index is 0.000000209. The summed E-state index contributed by atoms with van der Waals surface area (Å²) >= 11 is 3.29. The van der Waals surface area contributed by atoms with E-state index in [0.717, 1.165) is 38.5 Å². The molecule has 4 aliphatic rings. The molecular weight excluding hydrogens is 847 g/mol. The summed E-state index contributed by atoms with van der Waals surface area (Å²) < 4.78 is 5.05. The summed E-state index contributed by atoms with van der Waals surface area (Å²) in [6.45, 7) is 0. The van der Waals surface area contributed by atoms with Gasteiger partial charge in [-0.25, -0.2) is 19.5 Å². The van der Waals surface area contributed by atoms with E-state index in [1.54, 1.807) is 30.3 Å². The molecule has 23 heteroatoms. The van der Waals surface area contributed by atoms with Crippen LogP contribution in [0.5, 0.6) is 0 Å². The number of β-lactam (4-membered cyclic amide) rings is 1. The number of nitrogen functional groups attached to an aromatic ring is 1. The molecule has 6 amide bonds. The van der Waals surface area contributed by atoms with Gasteiger partial charge >= 0.3 is 11.9 Å². The summed E-state index contributed by atoms with van der Waals surface area (Å²) in [5, 5.41) is 17.3. The Morgan fingerprint density at radius 2 is 1.75 bits per heavy atom. The number of thioether (sulfide) groups is 2. The van der Waals surface area contributed by atoms with E-state index in [-0.39, 0.29) is 75.7 Å². The van der Waals surface area contributed by atoms with Crippen LogP contribution < -0.4 is 16.0 Å². The second kappa shape index (κ2) is 19.0. The molecule has 0 saturated carbocycles. The number of aryl methyl sites for hydroxylation is 1. The number of carbonyl (C=O) groups excluding carboxylic acids is 8. The molecule has 60 heavy (non-hydrogen) atoms. The SMILES string of the molecule is CO/N=C(/C(=O)N[C@@H]1C(=O)N2C(C(=O)O)=C(CSC(=O)c3ccco3)CS[C@H]12)c1csc(N)n1.O=C(CCCc1ccc(N2C(=O)C=CC2=O)cc1)ON1C(=O)CCC1=O. The number of hydrogen-bond donors (Lipinski definition) is 3. The van der Waals surface area contributed by atoms with E-state index in [1.807, 2.05) is 0 Å². The van der Waals surface area contributed by atoms with Crippen LogP contribution in [-0.2, 0) is 54.5 Å². The molecule has 2 fully saturated rings. The first-order valence-corrected chi connectivity index (χ1v) is 20.6. The van der Waals surface area contributed by atoms with Crippen molar-refractivity contribution in [3.05, 3.63) is 88.5 Å². The Bertz CT molecular complexity index is 2310. The number of furan rings is 1. The smallest absolute Gasteiger partial charge is 0.352 e. The number of aromatic nitrogens is 1. The number of imide groups is 2. The van der Waals surface area contributed by atoms with Crippen molar-refractivity contribution in [3.8, 4) is 0 Å². The highest BCUT2D eigenvalue weighted by Crippen LogP contribution is 2.41. The van der Waals surface area contributed by atoms with E-state index < -0.39 is 47.0 Å². The number of hydrogen-bond acceptors (Lipinski definition) is 18. The lowest BCUT2D eigenvalue weighted by molar-refractivity contribution is -0.197. The fourth-order valence-electron chi connectivity index (χ4n) is 6.02. The van der Waals surface area contributed by atoms with E-state index in [0.29, 0.717) is 29.2 Å². The maximum Gasteiger partial charge on any atom is 0.352 e. The van der Waals surface area contributed by atoms with Crippen LogP contribution in [0, 0.1) is 0 Å². The zero-order valence-electron chi connectivity index (χ0n) is 31.3. The van der Waals surface area contributed by atoms with E-state index >= 15 is 0 Å². The van der Waals surface area contributed by atoms with Crippen LogP contribution in [-0.4, -0.2) is 108 Å². The number of carboxylic acid groups (broad SMARTS) is 1. The zero-order chi connectivity index (χ0) is 43.1. The lowest BCUT2D eigenvalue weighted by Gasteiger charge is -2.49. The van der Waals surface area contributed by atoms with Crippen LogP contribution in [0.2, 0.25) is 0 Å². The quantitative estimate of drug-likeness (QED) is 0.0904. The van der Waals surface area contributed by atoms with Crippen LogP contribution in [0.1, 0.15) is 47.5 Å². The second-order valence-corrected chi connectivity index (χ2v) is 15.7. The van der Waals surface area contributed by atoms with Gasteiger partial charge < -0.3 is 30.2 Å². The fraction of sp³-hybridized carbons (Fsp3) is 0.270. The average molecular weight is 880 g/mol. The predicted octanol–water partition coefficient (Wildman–Crippen LogP) is 2.03. The van der Waals surface area contributed by atoms with Gasteiger partial charge in [0.05, 0.1) is 12.0 Å². The van der Waals surface area contributed by atoms with Crippen molar-refractivity contribution in [1.82, 2.24) is 20.3 Å². The molecule has 3 aromatic rings. The van der Waals surface area contributed by atoms with E-state index in [2.05, 4.69) is 15.5 Å². The van der Waals surface area contributed by atoms with Gasteiger partial charge in [-0.1, -0.05) is 29.1 Å².